The number of nitrogens with zero attached hydrogens (tertiary/aromatic N) is 2. The first-order chi connectivity index (χ1) is 18.0. The number of halogens is 2. The summed E-state index contributed by atoms with van der Waals surface area (Å²) in [4.78, 5) is 14.1. The summed E-state index contributed by atoms with van der Waals surface area (Å²) in [6.45, 7) is 2.22. The Morgan fingerprint density at radius 1 is 1.11 bits per heavy atom. The second-order valence-corrected chi connectivity index (χ2v) is 11.6. The van der Waals surface area contributed by atoms with Gasteiger partial charge in [0.25, 0.3) is 0 Å². The predicted molar refractivity (Wildman–Crippen MR) is 147 cm³/mol. The molecule has 2 aromatic heterocycles. The highest BCUT2D eigenvalue weighted by Crippen LogP contribution is 2.46. The van der Waals surface area contributed by atoms with E-state index >= 15 is 0 Å². The molecule has 1 aliphatic carbocycles. The van der Waals surface area contributed by atoms with E-state index in [1.807, 2.05) is 24.3 Å². The van der Waals surface area contributed by atoms with Crippen LogP contribution in [0.4, 0.5) is 5.69 Å². The summed E-state index contributed by atoms with van der Waals surface area (Å²) in [5.74, 6) is 0.404. The van der Waals surface area contributed by atoms with Gasteiger partial charge in [-0.3, -0.25) is 0 Å². The van der Waals surface area contributed by atoms with Crippen molar-refractivity contribution < 1.29 is 19.2 Å². The monoisotopic (exact) mass is 556 g/mol. The number of anilines is 1. The van der Waals surface area contributed by atoms with Crippen LogP contribution in [0.5, 0.6) is 0 Å². The first kappa shape index (κ1) is 24.7. The van der Waals surface area contributed by atoms with Gasteiger partial charge in [0, 0.05) is 40.5 Å². The van der Waals surface area contributed by atoms with Crippen molar-refractivity contribution in [3.05, 3.63) is 68.7 Å². The minimum absolute atomic E-state index is 0.116. The molecule has 2 aromatic carbocycles. The average Bonchev–Trinajstić information content (AvgIpc) is 3.57. The van der Waals surface area contributed by atoms with E-state index in [2.05, 4.69) is 22.2 Å². The largest absolute Gasteiger partial charge is 0.477 e. The van der Waals surface area contributed by atoms with E-state index in [1.165, 1.54) is 11.3 Å². The van der Waals surface area contributed by atoms with Crippen LogP contribution in [0.15, 0.2) is 47.0 Å². The molecule has 37 heavy (non-hydrogen) atoms. The molecule has 192 valence electrons. The van der Waals surface area contributed by atoms with Gasteiger partial charge in [0.15, 0.2) is 0 Å². The van der Waals surface area contributed by atoms with Gasteiger partial charge >= 0.3 is 5.97 Å². The summed E-state index contributed by atoms with van der Waals surface area (Å²) >= 11 is 14.3. The summed E-state index contributed by atoms with van der Waals surface area (Å²) in [7, 11) is 0. The van der Waals surface area contributed by atoms with Gasteiger partial charge < -0.3 is 19.3 Å². The van der Waals surface area contributed by atoms with Crippen LogP contribution in [0, 0.1) is 0 Å². The van der Waals surface area contributed by atoms with Crippen LogP contribution in [0.25, 0.3) is 21.3 Å². The number of rotatable bonds is 7. The molecule has 2 aliphatic rings. The van der Waals surface area contributed by atoms with Crippen LogP contribution in [0.3, 0.4) is 0 Å². The fourth-order valence-corrected chi connectivity index (χ4v) is 6.57. The Balaban J connectivity index is 1.16. The molecule has 1 saturated heterocycles. The lowest BCUT2D eigenvalue weighted by Crippen LogP contribution is -2.24. The molecule has 1 aliphatic heterocycles. The lowest BCUT2D eigenvalue weighted by atomic mass is 10.0. The second kappa shape index (κ2) is 10.3. The zero-order valence-corrected chi connectivity index (χ0v) is 22.4. The maximum Gasteiger partial charge on any atom is 0.345 e. The minimum atomic E-state index is -0.879. The number of aromatic nitrogens is 1. The fraction of sp³-hybridized carbons (Fsp3) is 0.357. The average molecular weight is 557 g/mol. The third-order valence-electron chi connectivity index (χ3n) is 7.18. The maximum atomic E-state index is 11.3. The Morgan fingerprint density at radius 3 is 2.68 bits per heavy atom. The zero-order chi connectivity index (χ0) is 25.5. The van der Waals surface area contributed by atoms with Crippen LogP contribution in [0.1, 0.15) is 59.0 Å². The van der Waals surface area contributed by atoms with Gasteiger partial charge in [-0.05, 0) is 67.8 Å². The molecule has 6 rings (SSSR count). The first-order valence-electron chi connectivity index (χ1n) is 12.5. The zero-order valence-electron chi connectivity index (χ0n) is 20.1. The van der Waals surface area contributed by atoms with E-state index in [-0.39, 0.29) is 6.10 Å². The molecule has 4 aromatic rings. The van der Waals surface area contributed by atoms with Crippen molar-refractivity contribution in [2.24, 2.45) is 0 Å². The topological polar surface area (TPSA) is 75.8 Å². The number of ether oxygens (including phenoxy) is 1. The van der Waals surface area contributed by atoms with E-state index in [0.29, 0.717) is 38.7 Å². The highest BCUT2D eigenvalue weighted by molar-refractivity contribution is 7.20. The number of thiophene rings is 1. The first-order valence-corrected chi connectivity index (χ1v) is 14.1. The number of benzene rings is 2. The molecule has 1 saturated carbocycles. The Labute approximate surface area is 228 Å². The fourth-order valence-electron chi connectivity index (χ4n) is 5.06. The molecule has 9 heteroatoms. The third kappa shape index (κ3) is 5.10. The molecule has 1 atom stereocenters. The van der Waals surface area contributed by atoms with E-state index in [0.717, 1.165) is 72.3 Å². The van der Waals surface area contributed by atoms with Gasteiger partial charge in [0.1, 0.15) is 16.3 Å². The highest BCUT2D eigenvalue weighted by atomic mass is 35.5. The molecule has 0 amide bonds. The Morgan fingerprint density at radius 2 is 1.92 bits per heavy atom. The number of hydrogen-bond acceptors (Lipinski definition) is 6. The van der Waals surface area contributed by atoms with Crippen LogP contribution in [-0.2, 0) is 11.3 Å². The van der Waals surface area contributed by atoms with Crippen molar-refractivity contribution >= 4 is 56.3 Å². The Bertz CT molecular complexity index is 1440. The van der Waals surface area contributed by atoms with Crippen molar-refractivity contribution in [2.75, 3.05) is 18.0 Å². The number of carboxylic acid groups (broad SMARTS) is 1. The van der Waals surface area contributed by atoms with Crippen molar-refractivity contribution in [3.8, 4) is 11.3 Å². The molecule has 1 N–H and O–H groups in total. The van der Waals surface area contributed by atoms with E-state index in [9.17, 15) is 9.90 Å². The van der Waals surface area contributed by atoms with Gasteiger partial charge in [0.05, 0.1) is 22.8 Å². The minimum Gasteiger partial charge on any atom is -0.477 e. The predicted octanol–water partition coefficient (Wildman–Crippen LogP) is 8.01. The van der Waals surface area contributed by atoms with E-state index in [1.54, 1.807) is 6.07 Å². The number of hydrogen-bond donors (Lipinski definition) is 1. The molecular weight excluding hydrogens is 531 g/mol. The summed E-state index contributed by atoms with van der Waals surface area (Å²) in [6.07, 6.45) is 5.18. The smallest absolute Gasteiger partial charge is 0.345 e. The van der Waals surface area contributed by atoms with Gasteiger partial charge in [-0.25, -0.2) is 4.79 Å². The van der Waals surface area contributed by atoms with Crippen molar-refractivity contribution in [2.45, 2.75) is 50.7 Å². The Kier molecular flexibility index (Phi) is 6.88. The van der Waals surface area contributed by atoms with Crippen LogP contribution < -0.4 is 4.90 Å². The third-order valence-corrected chi connectivity index (χ3v) is 8.90. The number of aromatic carboxylic acids is 1. The standard InChI is InChI=1S/C28H26Cl2N2O4S/c29-21-4-1-5-22(30)25(21)26-20(27(36-31-26)16-6-7-16)15-35-19-3-2-11-32(12-10-19)18-9-8-17-13-24(28(33)34)37-23(17)14-18/h1,4-5,8-9,13-14,16,19H,2-3,6-7,10-12,15H2,(H,33,34). The van der Waals surface area contributed by atoms with Gasteiger partial charge in [-0.15, -0.1) is 11.3 Å². The number of carboxylic acids is 1. The lowest BCUT2D eigenvalue weighted by Gasteiger charge is -2.23. The Hall–Kier alpha value is -2.58. The number of fused-ring (bicyclic) bond motifs is 1. The summed E-state index contributed by atoms with van der Waals surface area (Å²) < 4.78 is 13.3. The highest BCUT2D eigenvalue weighted by Gasteiger charge is 2.34. The molecular formula is C28H26Cl2N2O4S. The van der Waals surface area contributed by atoms with Crippen molar-refractivity contribution in [1.29, 1.82) is 0 Å². The lowest BCUT2D eigenvalue weighted by molar-refractivity contribution is 0.0328. The van der Waals surface area contributed by atoms with E-state index < -0.39 is 5.97 Å². The van der Waals surface area contributed by atoms with Crippen molar-refractivity contribution in [1.82, 2.24) is 5.16 Å². The van der Waals surface area contributed by atoms with Crippen LogP contribution in [0.2, 0.25) is 10.0 Å². The van der Waals surface area contributed by atoms with Gasteiger partial charge in [-0.2, -0.15) is 0 Å². The van der Waals surface area contributed by atoms with E-state index in [4.69, 9.17) is 32.5 Å². The molecule has 0 bridgehead atoms. The molecule has 3 heterocycles. The normalized spacial score (nSPS) is 18.3. The SMILES string of the molecule is O=C(O)c1cc2ccc(N3CCCC(OCc4c(-c5c(Cl)cccc5Cl)noc4C4CC4)CC3)cc2s1. The molecule has 0 spiro atoms. The quantitative estimate of drug-likeness (QED) is 0.248. The van der Waals surface area contributed by atoms with Gasteiger partial charge in [0.2, 0.25) is 0 Å². The summed E-state index contributed by atoms with van der Waals surface area (Å²) in [5, 5.41) is 15.8. The van der Waals surface area contributed by atoms with Gasteiger partial charge in [-0.1, -0.05) is 40.5 Å². The summed E-state index contributed by atoms with van der Waals surface area (Å²) in [6, 6.07) is 13.4. The van der Waals surface area contributed by atoms with Crippen molar-refractivity contribution in [3.63, 3.8) is 0 Å². The molecule has 6 nitrogen and oxygen atoms in total. The molecule has 1 unspecified atom stereocenters. The summed E-state index contributed by atoms with van der Waals surface area (Å²) in [5.41, 5.74) is 3.45. The second-order valence-electron chi connectivity index (χ2n) is 9.73. The maximum absolute atomic E-state index is 11.3. The van der Waals surface area contributed by atoms with Crippen LogP contribution in [-0.4, -0.2) is 35.4 Å². The van der Waals surface area contributed by atoms with Crippen LogP contribution >= 0.6 is 34.5 Å². The molecule has 2 fully saturated rings. The number of carbonyl (C=O) groups is 1. The molecule has 0 radical (unpaired) electrons.